The first-order valence-electron chi connectivity index (χ1n) is 4.77. The van der Waals surface area contributed by atoms with Crippen LogP contribution in [-0.2, 0) is 4.74 Å². The third kappa shape index (κ3) is 2.46. The summed E-state index contributed by atoms with van der Waals surface area (Å²) in [6.07, 6.45) is 6.01. The van der Waals surface area contributed by atoms with Crippen LogP contribution >= 0.6 is 0 Å². The molecule has 2 aliphatic rings. The summed E-state index contributed by atoms with van der Waals surface area (Å²) in [5.41, 5.74) is 0. The van der Waals surface area contributed by atoms with Crippen molar-refractivity contribution in [2.75, 3.05) is 19.7 Å². The third-order valence-corrected chi connectivity index (χ3v) is 2.57. The molecule has 1 unspecified atom stereocenters. The van der Waals surface area contributed by atoms with Crippen molar-refractivity contribution in [1.29, 1.82) is 0 Å². The first kappa shape index (κ1) is 7.56. The molecule has 0 aromatic carbocycles. The van der Waals surface area contributed by atoms with Gasteiger partial charge in [-0.05, 0) is 25.3 Å². The van der Waals surface area contributed by atoms with Crippen molar-refractivity contribution in [1.82, 2.24) is 5.32 Å². The van der Waals surface area contributed by atoms with E-state index in [4.69, 9.17) is 4.74 Å². The van der Waals surface area contributed by atoms with Crippen LogP contribution in [0.15, 0.2) is 0 Å². The fourth-order valence-corrected chi connectivity index (χ4v) is 1.68. The topological polar surface area (TPSA) is 21.3 Å². The minimum Gasteiger partial charge on any atom is -0.377 e. The number of hydrogen-bond acceptors (Lipinski definition) is 2. The van der Waals surface area contributed by atoms with Crippen LogP contribution in [0.25, 0.3) is 0 Å². The van der Waals surface area contributed by atoms with Crippen LogP contribution in [0.5, 0.6) is 0 Å². The molecule has 11 heavy (non-hydrogen) atoms. The van der Waals surface area contributed by atoms with E-state index in [0.29, 0.717) is 6.10 Å². The zero-order valence-electron chi connectivity index (χ0n) is 7.01. The highest BCUT2D eigenvalue weighted by Crippen LogP contribution is 2.34. The Morgan fingerprint density at radius 2 is 2.09 bits per heavy atom. The van der Waals surface area contributed by atoms with E-state index in [1.165, 1.54) is 25.7 Å². The Hall–Kier alpha value is -0.0800. The molecule has 1 heterocycles. The summed E-state index contributed by atoms with van der Waals surface area (Å²) in [5, 5.41) is 3.35. The zero-order valence-corrected chi connectivity index (χ0v) is 7.01. The van der Waals surface area contributed by atoms with Gasteiger partial charge in [-0.25, -0.2) is 0 Å². The van der Waals surface area contributed by atoms with Crippen LogP contribution in [0.1, 0.15) is 25.7 Å². The van der Waals surface area contributed by atoms with Gasteiger partial charge in [0.2, 0.25) is 0 Å². The predicted octanol–water partition coefficient (Wildman–Crippen LogP) is 1.17. The molecule has 2 rings (SSSR count). The number of ether oxygens (including phenoxy) is 1. The summed E-state index contributed by atoms with van der Waals surface area (Å²) in [4.78, 5) is 0. The predicted molar refractivity (Wildman–Crippen MR) is 44.6 cm³/mol. The third-order valence-electron chi connectivity index (χ3n) is 2.57. The van der Waals surface area contributed by atoms with Gasteiger partial charge in [0.15, 0.2) is 0 Å². The van der Waals surface area contributed by atoms with E-state index in [9.17, 15) is 0 Å². The lowest BCUT2D eigenvalue weighted by molar-refractivity contribution is 0.0547. The van der Waals surface area contributed by atoms with E-state index in [1.807, 2.05) is 0 Å². The van der Waals surface area contributed by atoms with Crippen LogP contribution in [0.2, 0.25) is 0 Å². The summed E-state index contributed by atoms with van der Waals surface area (Å²) in [6.45, 7) is 3.11. The van der Waals surface area contributed by atoms with Crippen LogP contribution < -0.4 is 5.32 Å². The molecule has 0 spiro atoms. The zero-order chi connectivity index (χ0) is 7.52. The number of rotatable bonds is 2. The largest absolute Gasteiger partial charge is 0.377 e. The van der Waals surface area contributed by atoms with Crippen LogP contribution in [-0.4, -0.2) is 25.8 Å². The molecule has 1 aliphatic heterocycles. The molecule has 0 amide bonds. The van der Waals surface area contributed by atoms with E-state index in [2.05, 4.69) is 5.32 Å². The number of hydrogen-bond donors (Lipinski definition) is 1. The van der Waals surface area contributed by atoms with Crippen molar-refractivity contribution in [2.24, 2.45) is 5.92 Å². The van der Waals surface area contributed by atoms with Crippen LogP contribution in [0.3, 0.4) is 0 Å². The summed E-state index contributed by atoms with van der Waals surface area (Å²) < 4.78 is 5.69. The molecule has 0 aromatic rings. The Labute approximate surface area is 68.3 Å². The van der Waals surface area contributed by atoms with Crippen molar-refractivity contribution in [3.8, 4) is 0 Å². The lowest BCUT2D eigenvalue weighted by Crippen LogP contribution is -2.16. The molecule has 0 bridgehead atoms. The highest BCUT2D eigenvalue weighted by Gasteiger charge is 2.26. The van der Waals surface area contributed by atoms with Gasteiger partial charge in [-0.1, -0.05) is 12.8 Å². The SMILES string of the molecule is C1COC(CC2CC2)CCN1. The molecule has 0 radical (unpaired) electrons. The van der Waals surface area contributed by atoms with Crippen molar-refractivity contribution in [3.05, 3.63) is 0 Å². The number of nitrogens with one attached hydrogen (secondary N) is 1. The molecule has 1 saturated carbocycles. The molecule has 2 fully saturated rings. The van der Waals surface area contributed by atoms with Crippen molar-refractivity contribution in [2.45, 2.75) is 31.8 Å². The molecule has 0 aromatic heterocycles. The Morgan fingerprint density at radius 1 is 1.18 bits per heavy atom. The van der Waals surface area contributed by atoms with Crippen molar-refractivity contribution < 1.29 is 4.74 Å². The van der Waals surface area contributed by atoms with E-state index in [1.54, 1.807) is 0 Å². The molecular weight excluding hydrogens is 138 g/mol. The van der Waals surface area contributed by atoms with Gasteiger partial charge in [0.05, 0.1) is 12.7 Å². The lowest BCUT2D eigenvalue weighted by atomic mass is 10.1. The Balaban J connectivity index is 1.71. The van der Waals surface area contributed by atoms with E-state index in [0.717, 1.165) is 25.6 Å². The van der Waals surface area contributed by atoms with Gasteiger partial charge in [-0.15, -0.1) is 0 Å². The standard InChI is InChI=1S/C9H17NO/c1-2-8(1)7-9-3-4-10-5-6-11-9/h8-10H,1-7H2. The van der Waals surface area contributed by atoms with Gasteiger partial charge in [0.25, 0.3) is 0 Å². The molecule has 2 heteroatoms. The minimum atomic E-state index is 0.567. The van der Waals surface area contributed by atoms with Crippen molar-refractivity contribution in [3.63, 3.8) is 0 Å². The normalized spacial score (nSPS) is 33.3. The highest BCUT2D eigenvalue weighted by molar-refractivity contribution is 4.78. The quantitative estimate of drug-likeness (QED) is 0.646. The van der Waals surface area contributed by atoms with Gasteiger partial charge < -0.3 is 10.1 Å². The molecule has 64 valence electrons. The van der Waals surface area contributed by atoms with Gasteiger partial charge in [-0.3, -0.25) is 0 Å². The van der Waals surface area contributed by atoms with Gasteiger partial charge >= 0.3 is 0 Å². The maximum absolute atomic E-state index is 5.69. The Kier molecular flexibility index (Phi) is 2.44. The second kappa shape index (κ2) is 3.55. The van der Waals surface area contributed by atoms with E-state index in [-0.39, 0.29) is 0 Å². The van der Waals surface area contributed by atoms with Gasteiger partial charge in [0.1, 0.15) is 0 Å². The second-order valence-electron chi connectivity index (χ2n) is 3.71. The molecule has 1 aliphatic carbocycles. The first-order chi connectivity index (χ1) is 5.45. The van der Waals surface area contributed by atoms with Gasteiger partial charge in [0, 0.05) is 6.54 Å². The molecule has 1 atom stereocenters. The average Bonchev–Trinajstić information content (AvgIpc) is 2.77. The smallest absolute Gasteiger partial charge is 0.0594 e. The second-order valence-corrected chi connectivity index (χ2v) is 3.71. The summed E-state index contributed by atoms with van der Waals surface area (Å²) >= 11 is 0. The monoisotopic (exact) mass is 155 g/mol. The lowest BCUT2D eigenvalue weighted by Gasteiger charge is -2.12. The van der Waals surface area contributed by atoms with Crippen LogP contribution in [0, 0.1) is 5.92 Å². The van der Waals surface area contributed by atoms with Crippen molar-refractivity contribution >= 4 is 0 Å². The summed E-state index contributed by atoms with van der Waals surface area (Å²) in [6, 6.07) is 0. The average molecular weight is 155 g/mol. The molecule has 1 N–H and O–H groups in total. The first-order valence-corrected chi connectivity index (χ1v) is 4.77. The molecule has 1 saturated heterocycles. The fourth-order valence-electron chi connectivity index (χ4n) is 1.68. The van der Waals surface area contributed by atoms with E-state index >= 15 is 0 Å². The minimum absolute atomic E-state index is 0.567. The molecular formula is C9H17NO. The fraction of sp³-hybridized carbons (Fsp3) is 1.00. The Morgan fingerprint density at radius 3 is 2.91 bits per heavy atom. The van der Waals surface area contributed by atoms with Gasteiger partial charge in [-0.2, -0.15) is 0 Å². The maximum Gasteiger partial charge on any atom is 0.0594 e. The van der Waals surface area contributed by atoms with Crippen LogP contribution in [0.4, 0.5) is 0 Å². The maximum atomic E-state index is 5.69. The van der Waals surface area contributed by atoms with E-state index < -0.39 is 0 Å². The summed E-state index contributed by atoms with van der Waals surface area (Å²) in [7, 11) is 0. The highest BCUT2D eigenvalue weighted by atomic mass is 16.5. The Bertz CT molecular complexity index is 115. The molecule has 2 nitrogen and oxygen atoms in total. The summed E-state index contributed by atoms with van der Waals surface area (Å²) in [5.74, 6) is 1.01.